The highest BCUT2D eigenvalue weighted by Crippen LogP contribution is 2.25. The van der Waals surface area contributed by atoms with Gasteiger partial charge in [-0.05, 0) is 37.0 Å². The average molecular weight is 387 g/mol. The average Bonchev–Trinajstić information content (AvgIpc) is 3.08. The van der Waals surface area contributed by atoms with E-state index in [1.54, 1.807) is 0 Å². The molecule has 2 unspecified atom stereocenters. The second-order valence-electron chi connectivity index (χ2n) is 6.71. The number of benzene rings is 1. The maximum atomic E-state index is 12.2. The lowest BCUT2D eigenvalue weighted by Gasteiger charge is -2.27. The molecule has 5 nitrogen and oxygen atoms in total. The van der Waals surface area contributed by atoms with Crippen LogP contribution in [0.2, 0.25) is 5.02 Å². The second-order valence-corrected chi connectivity index (χ2v) is 7.15. The Balaban J connectivity index is 0.00000225. The van der Waals surface area contributed by atoms with Crippen LogP contribution in [0.5, 0.6) is 0 Å². The Morgan fingerprint density at radius 1 is 1.20 bits per heavy atom. The Morgan fingerprint density at radius 3 is 2.64 bits per heavy atom. The van der Waals surface area contributed by atoms with Crippen molar-refractivity contribution in [3.8, 4) is 0 Å². The number of rotatable bonds is 6. The smallest absolute Gasteiger partial charge is 0.223 e. The van der Waals surface area contributed by atoms with Gasteiger partial charge in [-0.3, -0.25) is 10.2 Å². The van der Waals surface area contributed by atoms with Crippen molar-refractivity contribution in [2.75, 3.05) is 32.7 Å². The molecule has 2 aliphatic rings. The van der Waals surface area contributed by atoms with E-state index in [1.807, 2.05) is 17.0 Å². The maximum absolute atomic E-state index is 12.2. The first kappa shape index (κ1) is 20.5. The molecule has 140 valence electrons. The van der Waals surface area contributed by atoms with E-state index in [-0.39, 0.29) is 18.4 Å². The molecule has 2 saturated heterocycles. The summed E-state index contributed by atoms with van der Waals surface area (Å²) in [5, 5.41) is 4.21. The number of carbonyl (C=O) groups is 1. The van der Waals surface area contributed by atoms with Crippen molar-refractivity contribution >= 4 is 29.9 Å². The number of carbonyl (C=O) groups excluding carboxylic acids is 1. The van der Waals surface area contributed by atoms with Gasteiger partial charge in [0.1, 0.15) is 0 Å². The van der Waals surface area contributed by atoms with E-state index >= 15 is 0 Å². The standard InChI is InChI=1S/C18H27ClN4O.ClH/c19-16-6-4-14(5-7-16)18-15(13-21-22-18)12-20-9-8-17(24)23-10-2-1-3-11-23;/h4-7,15,18,20-22H,1-3,8-13H2;1H. The van der Waals surface area contributed by atoms with Crippen molar-refractivity contribution in [1.82, 2.24) is 21.1 Å². The van der Waals surface area contributed by atoms with Crippen molar-refractivity contribution in [2.45, 2.75) is 31.7 Å². The van der Waals surface area contributed by atoms with Gasteiger partial charge in [0.05, 0.1) is 6.04 Å². The van der Waals surface area contributed by atoms with Crippen LogP contribution >= 0.6 is 24.0 Å². The Hall–Kier alpha value is -0.850. The molecule has 1 aromatic rings. The number of halogens is 2. The molecule has 3 N–H and O–H groups in total. The fraction of sp³-hybridized carbons (Fsp3) is 0.611. The number of hydrazine groups is 1. The molecule has 2 atom stereocenters. The van der Waals surface area contributed by atoms with Gasteiger partial charge in [-0.2, -0.15) is 0 Å². The number of amides is 1. The van der Waals surface area contributed by atoms with Crippen LogP contribution in [0.4, 0.5) is 0 Å². The molecule has 25 heavy (non-hydrogen) atoms. The number of nitrogens with zero attached hydrogens (tertiary/aromatic N) is 1. The zero-order valence-corrected chi connectivity index (χ0v) is 16.0. The van der Waals surface area contributed by atoms with Gasteiger partial charge >= 0.3 is 0 Å². The van der Waals surface area contributed by atoms with Gasteiger partial charge in [-0.1, -0.05) is 23.7 Å². The molecule has 0 spiro atoms. The third-order valence-corrected chi connectivity index (χ3v) is 5.21. The van der Waals surface area contributed by atoms with Crippen LogP contribution in [-0.4, -0.2) is 43.5 Å². The van der Waals surface area contributed by atoms with Crippen LogP contribution in [0.15, 0.2) is 24.3 Å². The van der Waals surface area contributed by atoms with E-state index in [9.17, 15) is 4.79 Å². The Bertz CT molecular complexity index is 534. The van der Waals surface area contributed by atoms with Crippen LogP contribution < -0.4 is 16.2 Å². The van der Waals surface area contributed by atoms with Gasteiger partial charge in [0, 0.05) is 50.1 Å². The van der Waals surface area contributed by atoms with Crippen LogP contribution in [0.1, 0.15) is 37.3 Å². The largest absolute Gasteiger partial charge is 0.343 e. The van der Waals surface area contributed by atoms with Crippen molar-refractivity contribution in [2.24, 2.45) is 5.92 Å². The Labute approximate surface area is 161 Å². The lowest BCUT2D eigenvalue weighted by Crippen LogP contribution is -2.38. The minimum absolute atomic E-state index is 0. The molecule has 3 rings (SSSR count). The number of nitrogens with one attached hydrogen (secondary N) is 3. The predicted octanol–water partition coefficient (Wildman–Crippen LogP) is 2.52. The Kier molecular flexibility index (Phi) is 8.46. The van der Waals surface area contributed by atoms with Gasteiger partial charge in [-0.25, -0.2) is 5.43 Å². The topological polar surface area (TPSA) is 56.4 Å². The first-order valence-electron chi connectivity index (χ1n) is 8.96. The summed E-state index contributed by atoms with van der Waals surface area (Å²) in [7, 11) is 0. The molecule has 2 aliphatic heterocycles. The molecule has 0 bridgehead atoms. The van der Waals surface area contributed by atoms with Gasteiger partial charge in [0.15, 0.2) is 0 Å². The second kappa shape index (κ2) is 10.3. The summed E-state index contributed by atoms with van der Waals surface area (Å²) in [6.07, 6.45) is 4.16. The molecular formula is C18H28Cl2N4O. The highest BCUT2D eigenvalue weighted by Gasteiger charge is 2.27. The van der Waals surface area contributed by atoms with Crippen molar-refractivity contribution in [1.29, 1.82) is 0 Å². The normalized spacial score (nSPS) is 23.3. The summed E-state index contributed by atoms with van der Waals surface area (Å²) in [5.41, 5.74) is 7.81. The zero-order valence-electron chi connectivity index (χ0n) is 14.5. The van der Waals surface area contributed by atoms with E-state index < -0.39 is 0 Å². The molecule has 1 aromatic carbocycles. The van der Waals surface area contributed by atoms with Crippen molar-refractivity contribution < 1.29 is 4.79 Å². The summed E-state index contributed by atoms with van der Waals surface area (Å²) in [6.45, 7) is 4.43. The Morgan fingerprint density at radius 2 is 1.92 bits per heavy atom. The molecule has 0 aromatic heterocycles. The van der Waals surface area contributed by atoms with E-state index in [4.69, 9.17) is 11.6 Å². The SMILES string of the molecule is Cl.O=C(CCNCC1CNNC1c1ccc(Cl)cc1)N1CCCCC1. The number of hydrogen-bond donors (Lipinski definition) is 3. The summed E-state index contributed by atoms with van der Waals surface area (Å²) >= 11 is 5.97. The summed E-state index contributed by atoms with van der Waals surface area (Å²) in [5.74, 6) is 0.746. The minimum Gasteiger partial charge on any atom is -0.343 e. The van der Waals surface area contributed by atoms with E-state index in [2.05, 4.69) is 28.3 Å². The molecule has 0 radical (unpaired) electrons. The highest BCUT2D eigenvalue weighted by atomic mass is 35.5. The van der Waals surface area contributed by atoms with Gasteiger partial charge in [0.25, 0.3) is 0 Å². The first-order chi connectivity index (χ1) is 11.7. The van der Waals surface area contributed by atoms with Crippen LogP contribution in [-0.2, 0) is 4.79 Å². The van der Waals surface area contributed by atoms with Gasteiger partial charge < -0.3 is 10.2 Å². The molecule has 1 amide bonds. The number of hydrogen-bond acceptors (Lipinski definition) is 4. The summed E-state index contributed by atoms with van der Waals surface area (Å²) < 4.78 is 0. The number of piperidine rings is 1. The predicted molar refractivity (Wildman–Crippen MR) is 104 cm³/mol. The van der Waals surface area contributed by atoms with E-state index in [0.29, 0.717) is 18.2 Å². The zero-order chi connectivity index (χ0) is 16.8. The van der Waals surface area contributed by atoms with Crippen LogP contribution in [0.3, 0.4) is 0 Å². The first-order valence-corrected chi connectivity index (χ1v) is 9.34. The molecule has 2 heterocycles. The monoisotopic (exact) mass is 386 g/mol. The molecular weight excluding hydrogens is 359 g/mol. The molecule has 0 aliphatic carbocycles. The van der Waals surface area contributed by atoms with Gasteiger partial charge in [0.2, 0.25) is 5.91 Å². The lowest BCUT2D eigenvalue weighted by atomic mass is 9.95. The van der Waals surface area contributed by atoms with E-state index in [0.717, 1.165) is 50.6 Å². The van der Waals surface area contributed by atoms with Crippen LogP contribution in [0, 0.1) is 5.92 Å². The third kappa shape index (κ3) is 5.83. The number of likely N-dealkylation sites (tertiary alicyclic amines) is 1. The molecule has 7 heteroatoms. The summed E-state index contributed by atoms with van der Waals surface area (Å²) in [6, 6.07) is 8.27. The molecule has 0 saturated carbocycles. The lowest BCUT2D eigenvalue weighted by molar-refractivity contribution is -0.131. The fourth-order valence-corrected chi connectivity index (χ4v) is 3.66. The summed E-state index contributed by atoms with van der Waals surface area (Å²) in [4.78, 5) is 14.2. The van der Waals surface area contributed by atoms with Gasteiger partial charge in [-0.15, -0.1) is 12.4 Å². The third-order valence-electron chi connectivity index (χ3n) is 4.95. The quantitative estimate of drug-likeness (QED) is 0.657. The van der Waals surface area contributed by atoms with Crippen LogP contribution in [0.25, 0.3) is 0 Å². The van der Waals surface area contributed by atoms with E-state index in [1.165, 1.54) is 12.0 Å². The van der Waals surface area contributed by atoms with Crippen molar-refractivity contribution in [3.63, 3.8) is 0 Å². The minimum atomic E-state index is 0. The fourth-order valence-electron chi connectivity index (χ4n) is 3.54. The molecule has 2 fully saturated rings. The van der Waals surface area contributed by atoms with Crippen molar-refractivity contribution in [3.05, 3.63) is 34.9 Å². The maximum Gasteiger partial charge on any atom is 0.223 e. The highest BCUT2D eigenvalue weighted by molar-refractivity contribution is 6.30.